The van der Waals surface area contributed by atoms with E-state index < -0.39 is 5.69 Å². The molecule has 1 N–H and O–H groups in total. The van der Waals surface area contributed by atoms with E-state index in [2.05, 4.69) is 20.6 Å². The van der Waals surface area contributed by atoms with Crippen molar-refractivity contribution in [2.75, 3.05) is 0 Å². The van der Waals surface area contributed by atoms with Crippen LogP contribution < -0.4 is 11.0 Å². The lowest BCUT2D eigenvalue weighted by Crippen LogP contribution is -2.32. The van der Waals surface area contributed by atoms with Crippen molar-refractivity contribution in [3.63, 3.8) is 0 Å². The van der Waals surface area contributed by atoms with E-state index in [0.717, 1.165) is 21.4 Å². The molecule has 0 spiro atoms. The van der Waals surface area contributed by atoms with E-state index in [0.29, 0.717) is 28.6 Å². The number of aryl methyl sites for hydroxylation is 1. The Morgan fingerprint density at radius 2 is 1.85 bits per heavy atom. The number of hydrogen-bond donors (Lipinski definition) is 1. The Bertz CT molecular complexity index is 1530. The minimum Gasteiger partial charge on any atom is -0.350 e. The molecule has 2 aromatic carbocycles. The van der Waals surface area contributed by atoms with Gasteiger partial charge in [-0.2, -0.15) is 4.98 Å². The van der Waals surface area contributed by atoms with E-state index in [9.17, 15) is 9.59 Å². The standard InChI is InChI=1S/C24H19ClN6O3/c1-15-4-6-16(7-5-15)13-26-20(32)14-31-24(33)30-12-2-3-19(22(30)28-31)23-27-21(29-34-23)17-8-10-18(25)11-9-17/h2-12H,13-14H2,1H3,(H,26,32). The number of aromatic nitrogens is 5. The first-order valence-electron chi connectivity index (χ1n) is 10.5. The van der Waals surface area contributed by atoms with Crippen LogP contribution in [-0.4, -0.2) is 30.2 Å². The number of pyridine rings is 1. The molecule has 0 fully saturated rings. The monoisotopic (exact) mass is 474 g/mol. The van der Waals surface area contributed by atoms with Crippen molar-refractivity contribution < 1.29 is 9.32 Å². The molecule has 0 radical (unpaired) electrons. The number of halogens is 1. The van der Waals surface area contributed by atoms with Crippen LogP contribution in [0.4, 0.5) is 0 Å². The minimum absolute atomic E-state index is 0.205. The lowest BCUT2D eigenvalue weighted by Gasteiger charge is -2.05. The van der Waals surface area contributed by atoms with Gasteiger partial charge in [-0.25, -0.2) is 13.9 Å². The Hall–Kier alpha value is -4.24. The molecule has 5 rings (SSSR count). The number of nitrogens with one attached hydrogen (secondary N) is 1. The third kappa shape index (κ3) is 4.33. The Kier molecular flexibility index (Phi) is 5.69. The van der Waals surface area contributed by atoms with Crippen LogP contribution in [0, 0.1) is 6.92 Å². The Labute approximate surface area is 198 Å². The maximum atomic E-state index is 12.8. The molecular weight excluding hydrogens is 456 g/mol. The fraction of sp³-hybridized carbons (Fsp3) is 0.125. The SMILES string of the molecule is Cc1ccc(CNC(=O)Cn2nc3c(-c4nc(-c5ccc(Cl)cc5)no4)cccn3c2=O)cc1. The number of carbonyl (C=O) groups excluding carboxylic acids is 1. The van der Waals surface area contributed by atoms with Gasteiger partial charge < -0.3 is 9.84 Å². The summed E-state index contributed by atoms with van der Waals surface area (Å²) in [6.07, 6.45) is 1.57. The maximum absolute atomic E-state index is 12.8. The maximum Gasteiger partial charge on any atom is 0.350 e. The number of benzene rings is 2. The quantitative estimate of drug-likeness (QED) is 0.403. The highest BCUT2D eigenvalue weighted by molar-refractivity contribution is 6.30. The second-order valence-electron chi connectivity index (χ2n) is 7.75. The molecule has 0 aliphatic carbocycles. The number of carbonyl (C=O) groups is 1. The van der Waals surface area contributed by atoms with Gasteiger partial charge in [0, 0.05) is 23.3 Å². The van der Waals surface area contributed by atoms with E-state index in [1.54, 1.807) is 42.6 Å². The van der Waals surface area contributed by atoms with Crippen LogP contribution in [0.5, 0.6) is 0 Å². The number of nitrogens with zero attached hydrogens (tertiary/aromatic N) is 5. The number of fused-ring (bicyclic) bond motifs is 1. The molecule has 3 aromatic heterocycles. The zero-order valence-electron chi connectivity index (χ0n) is 18.1. The number of rotatable bonds is 6. The predicted molar refractivity (Wildman–Crippen MR) is 126 cm³/mol. The smallest absolute Gasteiger partial charge is 0.350 e. The average molecular weight is 475 g/mol. The van der Waals surface area contributed by atoms with Crippen LogP contribution in [0.2, 0.25) is 5.02 Å². The summed E-state index contributed by atoms with van der Waals surface area (Å²) in [4.78, 5) is 29.7. The molecule has 0 unspecified atom stereocenters. The van der Waals surface area contributed by atoms with Crippen LogP contribution in [-0.2, 0) is 17.9 Å². The van der Waals surface area contributed by atoms with Crippen molar-refractivity contribution in [1.82, 2.24) is 29.6 Å². The van der Waals surface area contributed by atoms with E-state index in [4.69, 9.17) is 16.1 Å². The third-order valence-electron chi connectivity index (χ3n) is 5.27. The second-order valence-corrected chi connectivity index (χ2v) is 8.18. The molecule has 34 heavy (non-hydrogen) atoms. The van der Waals surface area contributed by atoms with E-state index in [1.807, 2.05) is 31.2 Å². The van der Waals surface area contributed by atoms with Gasteiger partial charge in [-0.3, -0.25) is 4.79 Å². The molecule has 10 heteroatoms. The molecule has 3 heterocycles. The van der Waals surface area contributed by atoms with Gasteiger partial charge >= 0.3 is 5.69 Å². The van der Waals surface area contributed by atoms with Gasteiger partial charge in [0.15, 0.2) is 5.65 Å². The molecule has 1 amide bonds. The summed E-state index contributed by atoms with van der Waals surface area (Å²) in [6, 6.07) is 18.3. The fourth-order valence-corrected chi connectivity index (χ4v) is 3.58. The molecule has 5 aromatic rings. The van der Waals surface area contributed by atoms with Crippen molar-refractivity contribution in [1.29, 1.82) is 0 Å². The van der Waals surface area contributed by atoms with Crippen LogP contribution in [0.3, 0.4) is 0 Å². The summed E-state index contributed by atoms with van der Waals surface area (Å²) in [6.45, 7) is 2.15. The fourth-order valence-electron chi connectivity index (χ4n) is 3.46. The van der Waals surface area contributed by atoms with Gasteiger partial charge in [0.2, 0.25) is 11.7 Å². The first-order chi connectivity index (χ1) is 16.5. The highest BCUT2D eigenvalue weighted by Crippen LogP contribution is 2.25. The molecule has 0 saturated heterocycles. The predicted octanol–water partition coefficient (Wildman–Crippen LogP) is 3.49. The number of amides is 1. The van der Waals surface area contributed by atoms with Gasteiger partial charge in [-0.05, 0) is 48.9 Å². The highest BCUT2D eigenvalue weighted by atomic mass is 35.5. The molecule has 9 nitrogen and oxygen atoms in total. The molecule has 0 atom stereocenters. The molecule has 0 aliphatic rings. The normalized spacial score (nSPS) is 11.1. The molecule has 0 saturated carbocycles. The summed E-state index contributed by atoms with van der Waals surface area (Å²) >= 11 is 5.94. The Morgan fingerprint density at radius 1 is 1.09 bits per heavy atom. The Balaban J connectivity index is 1.38. The first-order valence-corrected chi connectivity index (χ1v) is 10.9. The van der Waals surface area contributed by atoms with Gasteiger partial charge in [0.05, 0.1) is 5.56 Å². The summed E-state index contributed by atoms with van der Waals surface area (Å²) < 4.78 is 7.88. The van der Waals surface area contributed by atoms with Crippen LogP contribution >= 0.6 is 11.6 Å². The largest absolute Gasteiger partial charge is 0.350 e. The van der Waals surface area contributed by atoms with Crippen molar-refractivity contribution in [2.45, 2.75) is 20.0 Å². The highest BCUT2D eigenvalue weighted by Gasteiger charge is 2.18. The molecule has 0 bridgehead atoms. The van der Waals surface area contributed by atoms with Crippen LogP contribution in [0.1, 0.15) is 11.1 Å². The summed E-state index contributed by atoms with van der Waals surface area (Å²) in [5, 5.41) is 11.8. The third-order valence-corrected chi connectivity index (χ3v) is 5.52. The van der Waals surface area contributed by atoms with Crippen molar-refractivity contribution in [3.05, 3.63) is 93.5 Å². The van der Waals surface area contributed by atoms with Gasteiger partial charge in [0.1, 0.15) is 6.54 Å². The number of hydrogen-bond acceptors (Lipinski definition) is 6. The van der Waals surface area contributed by atoms with Crippen LogP contribution in [0.15, 0.2) is 76.2 Å². The zero-order chi connectivity index (χ0) is 23.7. The van der Waals surface area contributed by atoms with E-state index in [-0.39, 0.29) is 18.3 Å². The van der Waals surface area contributed by atoms with Crippen molar-refractivity contribution in [3.8, 4) is 22.8 Å². The van der Waals surface area contributed by atoms with Gasteiger partial charge in [-0.1, -0.05) is 46.6 Å². The Morgan fingerprint density at radius 3 is 2.62 bits per heavy atom. The summed E-state index contributed by atoms with van der Waals surface area (Å²) in [5.41, 5.74) is 3.19. The summed E-state index contributed by atoms with van der Waals surface area (Å²) in [5.74, 6) is 0.262. The lowest BCUT2D eigenvalue weighted by atomic mass is 10.1. The zero-order valence-corrected chi connectivity index (χ0v) is 18.9. The summed E-state index contributed by atoms with van der Waals surface area (Å²) in [7, 11) is 0. The van der Waals surface area contributed by atoms with E-state index in [1.165, 1.54) is 4.40 Å². The first kappa shape index (κ1) is 21.6. The van der Waals surface area contributed by atoms with Crippen molar-refractivity contribution >= 4 is 23.2 Å². The molecule has 170 valence electrons. The average Bonchev–Trinajstić information content (AvgIpc) is 3.45. The molecule has 0 aliphatic heterocycles. The minimum atomic E-state index is -0.445. The second kappa shape index (κ2) is 8.95. The van der Waals surface area contributed by atoms with Crippen LogP contribution in [0.25, 0.3) is 28.5 Å². The van der Waals surface area contributed by atoms with E-state index >= 15 is 0 Å². The van der Waals surface area contributed by atoms with Crippen molar-refractivity contribution in [2.24, 2.45) is 0 Å². The van der Waals surface area contributed by atoms with Gasteiger partial charge in [0.25, 0.3) is 5.89 Å². The van der Waals surface area contributed by atoms with Gasteiger partial charge in [-0.15, -0.1) is 5.10 Å². The molecular formula is C24H19ClN6O3. The lowest BCUT2D eigenvalue weighted by molar-refractivity contribution is -0.122. The topological polar surface area (TPSA) is 107 Å².